The van der Waals surface area contributed by atoms with Gasteiger partial charge in [-0.2, -0.15) is 0 Å². The topological polar surface area (TPSA) is 49.4 Å². The maximum absolute atomic E-state index is 12.9. The molecule has 7 heteroatoms. The molecule has 1 fully saturated rings. The van der Waals surface area contributed by atoms with Crippen LogP contribution in [-0.2, 0) is 16.1 Å². The zero-order chi connectivity index (χ0) is 18.0. The molecule has 1 N–H and O–H groups in total. The highest BCUT2D eigenvalue weighted by Gasteiger charge is 2.38. The lowest BCUT2D eigenvalue weighted by Crippen LogP contribution is -2.36. The summed E-state index contributed by atoms with van der Waals surface area (Å²) in [6.45, 7) is 0.652. The van der Waals surface area contributed by atoms with Crippen LogP contribution in [0.1, 0.15) is 12.0 Å². The van der Waals surface area contributed by atoms with Crippen LogP contribution in [0.5, 0.6) is 0 Å². The Labute approximate surface area is 154 Å². The van der Waals surface area contributed by atoms with E-state index in [1.54, 1.807) is 30.3 Å². The van der Waals surface area contributed by atoms with Crippen molar-refractivity contribution in [3.8, 4) is 0 Å². The van der Waals surface area contributed by atoms with E-state index in [1.165, 1.54) is 17.0 Å². The van der Waals surface area contributed by atoms with Gasteiger partial charge >= 0.3 is 0 Å². The first-order chi connectivity index (χ1) is 12.0. The molecule has 1 saturated heterocycles. The molecule has 3 rings (SSSR count). The number of carbonyl (C=O) groups is 2. The van der Waals surface area contributed by atoms with E-state index >= 15 is 0 Å². The molecule has 1 aliphatic rings. The van der Waals surface area contributed by atoms with Gasteiger partial charge in [-0.25, -0.2) is 4.39 Å². The van der Waals surface area contributed by atoms with Gasteiger partial charge in [0.1, 0.15) is 11.7 Å². The molecule has 0 saturated carbocycles. The third-order valence-corrected chi connectivity index (χ3v) is 4.64. The first-order valence-corrected chi connectivity index (χ1v) is 8.50. The molecule has 0 spiro atoms. The number of halogens is 3. The predicted molar refractivity (Wildman–Crippen MR) is 95.2 cm³/mol. The lowest BCUT2D eigenvalue weighted by molar-refractivity contribution is -0.132. The maximum atomic E-state index is 12.9. The molecule has 25 heavy (non-hydrogen) atoms. The molecule has 2 amide bonds. The number of nitrogens with one attached hydrogen (secondary N) is 1. The zero-order valence-corrected chi connectivity index (χ0v) is 14.6. The van der Waals surface area contributed by atoms with Crippen LogP contribution < -0.4 is 10.2 Å². The van der Waals surface area contributed by atoms with Crippen molar-refractivity contribution in [2.75, 3.05) is 11.4 Å². The Bertz CT molecular complexity index is 811. The molecule has 0 radical (unpaired) electrons. The molecular formula is C18H15Cl2FN2O2. The highest BCUT2D eigenvalue weighted by Crippen LogP contribution is 2.33. The Balaban J connectivity index is 1.64. The van der Waals surface area contributed by atoms with Crippen molar-refractivity contribution < 1.29 is 14.0 Å². The average molecular weight is 381 g/mol. The van der Waals surface area contributed by atoms with Gasteiger partial charge in [-0.15, -0.1) is 0 Å². The molecule has 4 nitrogen and oxygen atoms in total. The van der Waals surface area contributed by atoms with Gasteiger partial charge in [-0.1, -0.05) is 35.3 Å². The second kappa shape index (κ2) is 7.42. The standard InChI is InChI=1S/C18H15Cl2FN2O2/c19-12-3-6-16(15(20)9-12)23-8-7-14(18(23)25)17(24)22-10-11-1-4-13(21)5-2-11/h1-6,9,14H,7-8,10H2,(H,22,24). The SMILES string of the molecule is O=C(NCc1ccc(F)cc1)C1CCN(c2ccc(Cl)cc2Cl)C1=O. The molecule has 130 valence electrons. The van der Waals surface area contributed by atoms with Crippen LogP contribution >= 0.6 is 23.2 Å². The summed E-state index contributed by atoms with van der Waals surface area (Å²) >= 11 is 12.0. The number of anilines is 1. The van der Waals surface area contributed by atoms with E-state index in [0.717, 1.165) is 5.56 Å². The van der Waals surface area contributed by atoms with Crippen LogP contribution in [0.3, 0.4) is 0 Å². The van der Waals surface area contributed by atoms with E-state index in [0.29, 0.717) is 28.7 Å². The normalized spacial score (nSPS) is 17.0. The van der Waals surface area contributed by atoms with Gasteiger partial charge in [0.2, 0.25) is 11.8 Å². The number of hydrogen-bond donors (Lipinski definition) is 1. The summed E-state index contributed by atoms with van der Waals surface area (Å²) in [6, 6.07) is 10.7. The minimum atomic E-state index is -0.757. The molecule has 0 bridgehead atoms. The molecule has 0 aromatic heterocycles. The van der Waals surface area contributed by atoms with Crippen molar-refractivity contribution in [1.82, 2.24) is 5.32 Å². The Hall–Kier alpha value is -2.11. The third kappa shape index (κ3) is 3.94. The summed E-state index contributed by atoms with van der Waals surface area (Å²) in [6.07, 6.45) is 0.410. The van der Waals surface area contributed by atoms with Crippen LogP contribution in [0.4, 0.5) is 10.1 Å². The van der Waals surface area contributed by atoms with Gasteiger partial charge in [-0.05, 0) is 42.3 Å². The summed E-state index contributed by atoms with van der Waals surface area (Å²) in [4.78, 5) is 26.4. The van der Waals surface area contributed by atoms with E-state index in [1.807, 2.05) is 0 Å². The number of nitrogens with zero attached hydrogens (tertiary/aromatic N) is 1. The highest BCUT2D eigenvalue weighted by atomic mass is 35.5. The average Bonchev–Trinajstić information content (AvgIpc) is 2.96. The van der Waals surface area contributed by atoms with Gasteiger partial charge in [0.05, 0.1) is 10.7 Å². The van der Waals surface area contributed by atoms with Crippen LogP contribution in [0.2, 0.25) is 10.0 Å². The smallest absolute Gasteiger partial charge is 0.239 e. The largest absolute Gasteiger partial charge is 0.351 e. The van der Waals surface area contributed by atoms with Crippen molar-refractivity contribution >= 4 is 40.7 Å². The second-order valence-electron chi connectivity index (χ2n) is 5.77. The molecule has 1 heterocycles. The molecule has 1 aliphatic heterocycles. The van der Waals surface area contributed by atoms with Crippen molar-refractivity contribution in [2.45, 2.75) is 13.0 Å². The van der Waals surface area contributed by atoms with Gasteiger partial charge < -0.3 is 10.2 Å². The second-order valence-corrected chi connectivity index (χ2v) is 6.61. The van der Waals surface area contributed by atoms with Crippen LogP contribution in [0.15, 0.2) is 42.5 Å². The van der Waals surface area contributed by atoms with Crippen molar-refractivity contribution in [2.24, 2.45) is 5.92 Å². The third-order valence-electron chi connectivity index (χ3n) is 4.10. The molecule has 1 atom stereocenters. The van der Waals surface area contributed by atoms with E-state index in [9.17, 15) is 14.0 Å². The van der Waals surface area contributed by atoms with Gasteiger partial charge in [0.15, 0.2) is 0 Å². The van der Waals surface area contributed by atoms with Crippen molar-refractivity contribution in [3.63, 3.8) is 0 Å². The molecule has 0 aliphatic carbocycles. The monoisotopic (exact) mass is 380 g/mol. The number of rotatable bonds is 4. The lowest BCUT2D eigenvalue weighted by atomic mass is 10.1. The van der Waals surface area contributed by atoms with Gasteiger partial charge in [0.25, 0.3) is 0 Å². The minimum Gasteiger partial charge on any atom is -0.351 e. The molecule has 2 aromatic carbocycles. The Morgan fingerprint density at radius 1 is 1.20 bits per heavy atom. The van der Waals surface area contributed by atoms with Crippen LogP contribution in [-0.4, -0.2) is 18.4 Å². The lowest BCUT2D eigenvalue weighted by Gasteiger charge is -2.18. The summed E-state index contributed by atoms with van der Waals surface area (Å²) in [5, 5.41) is 3.57. The van der Waals surface area contributed by atoms with E-state index < -0.39 is 5.92 Å². The first-order valence-electron chi connectivity index (χ1n) is 7.74. The van der Waals surface area contributed by atoms with Crippen LogP contribution in [0.25, 0.3) is 0 Å². The summed E-state index contributed by atoms with van der Waals surface area (Å²) in [5.41, 5.74) is 1.31. The quantitative estimate of drug-likeness (QED) is 0.820. The van der Waals surface area contributed by atoms with Gasteiger partial charge in [0, 0.05) is 18.1 Å². The van der Waals surface area contributed by atoms with E-state index in [-0.39, 0.29) is 24.2 Å². The summed E-state index contributed by atoms with van der Waals surface area (Å²) in [5.74, 6) is -1.73. The Morgan fingerprint density at radius 3 is 2.60 bits per heavy atom. The molecule has 2 aromatic rings. The molecular weight excluding hydrogens is 366 g/mol. The Morgan fingerprint density at radius 2 is 1.92 bits per heavy atom. The summed E-state index contributed by atoms with van der Waals surface area (Å²) < 4.78 is 12.9. The fourth-order valence-corrected chi connectivity index (χ4v) is 3.29. The highest BCUT2D eigenvalue weighted by molar-refractivity contribution is 6.37. The van der Waals surface area contributed by atoms with Crippen molar-refractivity contribution in [1.29, 1.82) is 0 Å². The molecule has 1 unspecified atom stereocenters. The van der Waals surface area contributed by atoms with Crippen LogP contribution in [0, 0.1) is 11.7 Å². The minimum absolute atomic E-state index is 0.241. The predicted octanol–water partition coefficient (Wildman–Crippen LogP) is 3.80. The number of carbonyl (C=O) groups excluding carboxylic acids is 2. The number of amides is 2. The van der Waals surface area contributed by atoms with Crippen molar-refractivity contribution in [3.05, 3.63) is 63.9 Å². The Kier molecular flexibility index (Phi) is 5.25. The fourth-order valence-electron chi connectivity index (χ4n) is 2.78. The van der Waals surface area contributed by atoms with E-state index in [4.69, 9.17) is 23.2 Å². The van der Waals surface area contributed by atoms with E-state index in [2.05, 4.69) is 5.32 Å². The van der Waals surface area contributed by atoms with Gasteiger partial charge in [-0.3, -0.25) is 9.59 Å². The number of benzene rings is 2. The number of hydrogen-bond acceptors (Lipinski definition) is 2. The fraction of sp³-hybridized carbons (Fsp3) is 0.222. The zero-order valence-electron chi connectivity index (χ0n) is 13.1. The summed E-state index contributed by atoms with van der Waals surface area (Å²) in [7, 11) is 0. The first kappa shape index (κ1) is 17.7. The maximum Gasteiger partial charge on any atom is 0.239 e.